The first-order valence-electron chi connectivity index (χ1n) is 8.38. The summed E-state index contributed by atoms with van der Waals surface area (Å²) < 4.78 is 6.16. The molecule has 0 radical (unpaired) electrons. The van der Waals surface area contributed by atoms with Crippen LogP contribution in [0.15, 0.2) is 43.0 Å². The molecule has 0 aliphatic heterocycles. The summed E-state index contributed by atoms with van der Waals surface area (Å²) in [7, 11) is 0. The van der Waals surface area contributed by atoms with E-state index in [4.69, 9.17) is 16.3 Å². The van der Waals surface area contributed by atoms with Crippen molar-refractivity contribution < 1.29 is 4.74 Å². The molecular formula is C18H18ClN5O. The summed E-state index contributed by atoms with van der Waals surface area (Å²) in [6.45, 7) is 0. The molecule has 4 rings (SSSR count). The monoisotopic (exact) mass is 355 g/mol. The van der Waals surface area contributed by atoms with Crippen LogP contribution in [0.4, 0.5) is 5.82 Å². The van der Waals surface area contributed by atoms with E-state index in [1.165, 1.54) is 0 Å². The Morgan fingerprint density at radius 2 is 1.96 bits per heavy atom. The van der Waals surface area contributed by atoms with Crippen LogP contribution in [0.1, 0.15) is 25.7 Å². The number of hydrogen-bond donors (Lipinski definition) is 1. The molecule has 0 saturated heterocycles. The van der Waals surface area contributed by atoms with Gasteiger partial charge in [-0.15, -0.1) is 0 Å². The minimum atomic E-state index is 0.134. The van der Waals surface area contributed by atoms with Crippen molar-refractivity contribution in [3.05, 3.63) is 48.1 Å². The van der Waals surface area contributed by atoms with Crippen molar-refractivity contribution in [2.24, 2.45) is 0 Å². The first kappa shape index (κ1) is 16.0. The molecule has 128 valence electrons. The van der Waals surface area contributed by atoms with Crippen LogP contribution in [-0.2, 0) is 0 Å². The van der Waals surface area contributed by atoms with Gasteiger partial charge in [-0.1, -0.05) is 11.6 Å². The molecule has 0 bridgehead atoms. The SMILES string of the molecule is Clc1cc2ncccc2c(OC2CCC(Nc3cnccn3)CC2)n1. The smallest absolute Gasteiger partial charge is 0.224 e. The number of pyridine rings is 2. The summed E-state index contributed by atoms with van der Waals surface area (Å²) in [5.41, 5.74) is 0.801. The number of aromatic nitrogens is 4. The third-order valence-electron chi connectivity index (χ3n) is 4.40. The molecule has 1 aliphatic rings. The zero-order chi connectivity index (χ0) is 17.1. The Bertz CT molecular complexity index is 852. The summed E-state index contributed by atoms with van der Waals surface area (Å²) in [4.78, 5) is 17.0. The number of halogens is 1. The van der Waals surface area contributed by atoms with Crippen molar-refractivity contribution in [2.45, 2.75) is 37.8 Å². The minimum Gasteiger partial charge on any atom is -0.474 e. The average molecular weight is 356 g/mol. The topological polar surface area (TPSA) is 72.8 Å². The largest absolute Gasteiger partial charge is 0.474 e. The molecule has 1 N–H and O–H groups in total. The summed E-state index contributed by atoms with van der Waals surface area (Å²) >= 11 is 6.10. The molecule has 0 atom stereocenters. The maximum absolute atomic E-state index is 6.16. The maximum Gasteiger partial charge on any atom is 0.224 e. The van der Waals surface area contributed by atoms with Crippen molar-refractivity contribution in [1.82, 2.24) is 19.9 Å². The Hall–Kier alpha value is -2.47. The van der Waals surface area contributed by atoms with Crippen molar-refractivity contribution in [2.75, 3.05) is 5.32 Å². The van der Waals surface area contributed by atoms with Crippen LogP contribution in [0.25, 0.3) is 10.9 Å². The van der Waals surface area contributed by atoms with E-state index in [1.54, 1.807) is 30.9 Å². The molecule has 3 aromatic heterocycles. The highest BCUT2D eigenvalue weighted by molar-refractivity contribution is 6.30. The number of anilines is 1. The predicted molar refractivity (Wildman–Crippen MR) is 96.9 cm³/mol. The summed E-state index contributed by atoms with van der Waals surface area (Å²) in [6, 6.07) is 5.99. The van der Waals surface area contributed by atoms with Gasteiger partial charge in [-0.05, 0) is 37.8 Å². The lowest BCUT2D eigenvalue weighted by Gasteiger charge is -2.29. The first-order chi connectivity index (χ1) is 12.3. The van der Waals surface area contributed by atoms with Gasteiger partial charge in [-0.25, -0.2) is 9.97 Å². The van der Waals surface area contributed by atoms with Gasteiger partial charge in [0.15, 0.2) is 0 Å². The van der Waals surface area contributed by atoms with Gasteiger partial charge in [0.25, 0.3) is 0 Å². The molecular weight excluding hydrogens is 338 g/mol. The highest BCUT2D eigenvalue weighted by atomic mass is 35.5. The molecule has 3 heterocycles. The van der Waals surface area contributed by atoms with Crippen LogP contribution in [0.3, 0.4) is 0 Å². The van der Waals surface area contributed by atoms with E-state index in [0.717, 1.165) is 42.4 Å². The van der Waals surface area contributed by atoms with E-state index >= 15 is 0 Å². The molecule has 1 saturated carbocycles. The minimum absolute atomic E-state index is 0.134. The van der Waals surface area contributed by atoms with Crippen LogP contribution in [0, 0.1) is 0 Å². The Morgan fingerprint density at radius 1 is 1.08 bits per heavy atom. The maximum atomic E-state index is 6.16. The van der Waals surface area contributed by atoms with Gasteiger partial charge >= 0.3 is 0 Å². The van der Waals surface area contributed by atoms with Gasteiger partial charge in [-0.2, -0.15) is 0 Å². The van der Waals surface area contributed by atoms with Crippen LogP contribution in [0.2, 0.25) is 5.15 Å². The summed E-state index contributed by atoms with van der Waals surface area (Å²) in [6.07, 6.45) is 10.9. The number of ether oxygens (including phenoxy) is 1. The van der Waals surface area contributed by atoms with Gasteiger partial charge in [0.1, 0.15) is 17.1 Å². The molecule has 3 aromatic rings. The van der Waals surface area contributed by atoms with Crippen LogP contribution >= 0.6 is 11.6 Å². The van der Waals surface area contributed by atoms with E-state index in [2.05, 4.69) is 25.3 Å². The Kier molecular flexibility index (Phi) is 4.61. The molecule has 0 unspecified atom stereocenters. The van der Waals surface area contributed by atoms with Crippen LogP contribution in [-0.4, -0.2) is 32.1 Å². The van der Waals surface area contributed by atoms with E-state index in [-0.39, 0.29) is 6.10 Å². The van der Waals surface area contributed by atoms with E-state index in [1.807, 2.05) is 12.1 Å². The summed E-state index contributed by atoms with van der Waals surface area (Å²) in [5, 5.41) is 4.73. The molecule has 7 heteroatoms. The number of hydrogen-bond acceptors (Lipinski definition) is 6. The lowest BCUT2D eigenvalue weighted by molar-refractivity contribution is 0.146. The van der Waals surface area contributed by atoms with Gasteiger partial charge in [-0.3, -0.25) is 9.97 Å². The second-order valence-electron chi connectivity index (χ2n) is 6.15. The van der Waals surface area contributed by atoms with E-state index in [9.17, 15) is 0 Å². The highest BCUT2D eigenvalue weighted by Gasteiger charge is 2.23. The third-order valence-corrected chi connectivity index (χ3v) is 4.59. The van der Waals surface area contributed by atoms with Gasteiger partial charge in [0.2, 0.25) is 5.88 Å². The van der Waals surface area contributed by atoms with Gasteiger partial charge < -0.3 is 10.1 Å². The average Bonchev–Trinajstić information content (AvgIpc) is 2.64. The van der Waals surface area contributed by atoms with Crippen LogP contribution in [0.5, 0.6) is 5.88 Å². The Balaban J connectivity index is 1.41. The van der Waals surface area contributed by atoms with Crippen molar-refractivity contribution in [3.63, 3.8) is 0 Å². The standard InChI is InChI=1S/C18H18ClN5O/c19-16-10-15-14(2-1-7-21-15)18(24-16)25-13-5-3-12(4-6-13)23-17-11-20-8-9-22-17/h1-2,7-13H,3-6H2,(H,22,23). The second-order valence-corrected chi connectivity index (χ2v) is 6.53. The van der Waals surface area contributed by atoms with Crippen LogP contribution < -0.4 is 10.1 Å². The van der Waals surface area contributed by atoms with Crippen molar-refractivity contribution in [1.29, 1.82) is 0 Å². The molecule has 0 aromatic carbocycles. The van der Waals surface area contributed by atoms with E-state index in [0.29, 0.717) is 17.1 Å². The number of nitrogens with zero attached hydrogens (tertiary/aromatic N) is 4. The predicted octanol–water partition coefficient (Wildman–Crippen LogP) is 3.88. The summed E-state index contributed by atoms with van der Waals surface area (Å²) in [5.74, 6) is 1.39. The number of rotatable bonds is 4. The fourth-order valence-corrected chi connectivity index (χ4v) is 3.35. The van der Waals surface area contributed by atoms with E-state index < -0.39 is 0 Å². The van der Waals surface area contributed by atoms with Gasteiger partial charge in [0.05, 0.1) is 17.1 Å². The first-order valence-corrected chi connectivity index (χ1v) is 8.76. The molecule has 25 heavy (non-hydrogen) atoms. The normalized spacial score (nSPS) is 20.4. The number of fused-ring (bicyclic) bond motifs is 1. The number of nitrogens with one attached hydrogen (secondary N) is 1. The lowest BCUT2D eigenvalue weighted by Crippen LogP contribution is -2.31. The molecule has 0 amide bonds. The van der Waals surface area contributed by atoms with Crippen molar-refractivity contribution in [3.8, 4) is 5.88 Å². The zero-order valence-electron chi connectivity index (χ0n) is 13.6. The second kappa shape index (κ2) is 7.19. The molecule has 6 nitrogen and oxygen atoms in total. The zero-order valence-corrected chi connectivity index (χ0v) is 14.4. The third kappa shape index (κ3) is 3.79. The lowest BCUT2D eigenvalue weighted by atomic mass is 9.93. The van der Waals surface area contributed by atoms with Gasteiger partial charge in [0, 0.05) is 30.7 Å². The quantitative estimate of drug-likeness (QED) is 0.716. The molecule has 0 spiro atoms. The molecule has 1 fully saturated rings. The fraction of sp³-hybridized carbons (Fsp3) is 0.333. The van der Waals surface area contributed by atoms with Crippen molar-refractivity contribution >= 4 is 28.3 Å². The Labute approximate surface area is 150 Å². The highest BCUT2D eigenvalue weighted by Crippen LogP contribution is 2.29. The fourth-order valence-electron chi connectivity index (χ4n) is 3.17. The Morgan fingerprint density at radius 3 is 2.76 bits per heavy atom. The molecule has 1 aliphatic carbocycles.